The van der Waals surface area contributed by atoms with Crippen LogP contribution >= 0.6 is 23.4 Å². The topological polar surface area (TPSA) is 64.0 Å². The summed E-state index contributed by atoms with van der Waals surface area (Å²) in [5, 5.41) is 3.36. The first kappa shape index (κ1) is 20.5. The molecular weight excluding hydrogens is 442 g/mol. The maximum Gasteiger partial charge on any atom is 0.257 e. The van der Waals surface area contributed by atoms with E-state index in [1.165, 1.54) is 0 Å². The van der Waals surface area contributed by atoms with Gasteiger partial charge in [0.25, 0.3) is 5.91 Å². The van der Waals surface area contributed by atoms with Gasteiger partial charge in [0.15, 0.2) is 5.78 Å². The molecule has 0 saturated heterocycles. The summed E-state index contributed by atoms with van der Waals surface area (Å²) in [6, 6.07) is 19.7. The molecule has 5 rings (SSSR count). The van der Waals surface area contributed by atoms with Crippen LogP contribution < -0.4 is 5.32 Å². The zero-order valence-electron chi connectivity index (χ0n) is 16.9. The fourth-order valence-corrected chi connectivity index (χ4v) is 5.26. The largest absolute Gasteiger partial charge is 0.333 e. The lowest BCUT2D eigenvalue weighted by Crippen LogP contribution is -2.14. The van der Waals surface area contributed by atoms with E-state index in [0.29, 0.717) is 27.4 Å². The quantitative estimate of drug-likeness (QED) is 0.382. The van der Waals surface area contributed by atoms with Crippen LogP contribution in [0.15, 0.2) is 85.3 Å². The van der Waals surface area contributed by atoms with Crippen LogP contribution in [0.5, 0.6) is 0 Å². The SMILES string of the molecule is O=C(c1ccccc1)c1ccc(Cl)c(NC(=O)c2ccn3c2CSC3c2cccnc2)c1. The van der Waals surface area contributed by atoms with Crippen molar-refractivity contribution >= 4 is 40.7 Å². The van der Waals surface area contributed by atoms with Crippen molar-refractivity contribution in [3.05, 3.63) is 118 Å². The molecule has 0 aliphatic carbocycles. The van der Waals surface area contributed by atoms with Crippen LogP contribution in [0.2, 0.25) is 5.02 Å². The number of carbonyl (C=O) groups excluding carboxylic acids is 2. The Morgan fingerprint density at radius 3 is 2.66 bits per heavy atom. The molecule has 2 aromatic heterocycles. The lowest BCUT2D eigenvalue weighted by atomic mass is 10.0. The van der Waals surface area contributed by atoms with Crippen molar-refractivity contribution in [3.8, 4) is 0 Å². The van der Waals surface area contributed by atoms with Crippen molar-refractivity contribution < 1.29 is 9.59 Å². The Bertz CT molecular complexity index is 1310. The third-order valence-corrected chi connectivity index (χ3v) is 6.97. The highest BCUT2D eigenvalue weighted by Crippen LogP contribution is 2.42. The fourth-order valence-electron chi connectivity index (χ4n) is 3.78. The van der Waals surface area contributed by atoms with Gasteiger partial charge >= 0.3 is 0 Å². The monoisotopic (exact) mass is 459 g/mol. The molecule has 2 aromatic carbocycles. The average molecular weight is 460 g/mol. The molecule has 0 spiro atoms. The molecule has 1 N–H and O–H groups in total. The van der Waals surface area contributed by atoms with Crippen LogP contribution in [0.3, 0.4) is 0 Å². The van der Waals surface area contributed by atoms with Crippen LogP contribution in [0.4, 0.5) is 5.69 Å². The summed E-state index contributed by atoms with van der Waals surface area (Å²) < 4.78 is 2.10. The molecule has 7 heteroatoms. The van der Waals surface area contributed by atoms with Crippen molar-refractivity contribution in [2.24, 2.45) is 0 Å². The molecule has 0 bridgehead atoms. The van der Waals surface area contributed by atoms with Gasteiger partial charge in [0, 0.05) is 46.7 Å². The van der Waals surface area contributed by atoms with Crippen LogP contribution in [0.1, 0.15) is 42.9 Å². The van der Waals surface area contributed by atoms with Crippen molar-refractivity contribution in [1.29, 1.82) is 0 Å². The Kier molecular flexibility index (Phi) is 5.55. The number of hydrogen-bond donors (Lipinski definition) is 1. The zero-order valence-corrected chi connectivity index (χ0v) is 18.4. The smallest absolute Gasteiger partial charge is 0.257 e. The van der Waals surface area contributed by atoms with Crippen molar-refractivity contribution in [2.75, 3.05) is 5.32 Å². The van der Waals surface area contributed by atoms with Gasteiger partial charge in [-0.05, 0) is 30.3 Å². The number of amides is 1. The number of anilines is 1. The van der Waals surface area contributed by atoms with Gasteiger partial charge in [0.05, 0.1) is 16.3 Å². The molecular formula is C25H18ClN3O2S. The highest BCUT2D eigenvalue weighted by molar-refractivity contribution is 7.99. The predicted molar refractivity (Wildman–Crippen MR) is 127 cm³/mol. The number of hydrogen-bond acceptors (Lipinski definition) is 4. The van der Waals surface area contributed by atoms with E-state index in [-0.39, 0.29) is 17.1 Å². The standard InChI is InChI=1S/C25H18ClN3O2S/c26-20-9-8-17(23(30)16-5-2-1-3-6-16)13-21(20)28-24(31)19-10-12-29-22(19)15-32-25(29)18-7-4-11-27-14-18/h1-14,25H,15H2,(H,28,31). The minimum absolute atomic E-state index is 0.0932. The van der Waals surface area contributed by atoms with E-state index in [1.54, 1.807) is 48.3 Å². The molecule has 5 nitrogen and oxygen atoms in total. The van der Waals surface area contributed by atoms with E-state index < -0.39 is 0 Å². The third-order valence-electron chi connectivity index (χ3n) is 5.38. The van der Waals surface area contributed by atoms with Crippen molar-refractivity contribution in [3.63, 3.8) is 0 Å². The minimum atomic E-state index is -0.252. The Morgan fingerprint density at radius 1 is 1.03 bits per heavy atom. The highest BCUT2D eigenvalue weighted by atomic mass is 35.5. The second kappa shape index (κ2) is 8.65. The maximum absolute atomic E-state index is 13.1. The van der Waals surface area contributed by atoms with Gasteiger partial charge in [0.1, 0.15) is 5.37 Å². The molecule has 1 atom stereocenters. The number of ketones is 1. The molecule has 1 aliphatic heterocycles. The minimum Gasteiger partial charge on any atom is -0.333 e. The van der Waals surface area contributed by atoms with Crippen molar-refractivity contribution in [2.45, 2.75) is 11.1 Å². The van der Waals surface area contributed by atoms with Crippen LogP contribution in [-0.4, -0.2) is 21.2 Å². The Hall–Kier alpha value is -3.35. The second-order valence-electron chi connectivity index (χ2n) is 7.38. The number of aromatic nitrogens is 2. The molecule has 1 aliphatic rings. The molecule has 0 fully saturated rings. The fraction of sp³-hybridized carbons (Fsp3) is 0.0800. The van der Waals surface area contributed by atoms with E-state index in [4.69, 9.17) is 11.6 Å². The van der Waals surface area contributed by atoms with Crippen molar-refractivity contribution in [1.82, 2.24) is 9.55 Å². The lowest BCUT2D eigenvalue weighted by Gasteiger charge is -2.12. The summed E-state index contributed by atoms with van der Waals surface area (Å²) in [6.45, 7) is 0. The summed E-state index contributed by atoms with van der Waals surface area (Å²) in [6.07, 6.45) is 5.53. The predicted octanol–water partition coefficient (Wildman–Crippen LogP) is 5.81. The number of nitrogens with zero attached hydrogens (tertiary/aromatic N) is 2. The van der Waals surface area contributed by atoms with Crippen LogP contribution in [0.25, 0.3) is 0 Å². The van der Waals surface area contributed by atoms with Crippen LogP contribution in [-0.2, 0) is 5.75 Å². The molecule has 158 valence electrons. The van der Waals surface area contributed by atoms with Gasteiger partial charge in [-0.1, -0.05) is 48.0 Å². The number of carbonyl (C=O) groups is 2. The van der Waals surface area contributed by atoms with E-state index in [1.807, 2.05) is 48.8 Å². The van der Waals surface area contributed by atoms with Crippen LogP contribution in [0, 0.1) is 0 Å². The molecule has 1 unspecified atom stereocenters. The van der Waals surface area contributed by atoms with E-state index >= 15 is 0 Å². The number of benzene rings is 2. The first-order valence-electron chi connectivity index (χ1n) is 10.0. The number of pyridine rings is 1. The number of fused-ring (bicyclic) bond motifs is 1. The molecule has 1 amide bonds. The van der Waals surface area contributed by atoms with Gasteiger partial charge in [0.2, 0.25) is 0 Å². The normalized spacial score (nSPS) is 14.7. The number of halogens is 1. The zero-order chi connectivity index (χ0) is 22.1. The number of rotatable bonds is 5. The van der Waals surface area contributed by atoms with Gasteiger partial charge in [-0.25, -0.2) is 0 Å². The van der Waals surface area contributed by atoms with E-state index in [2.05, 4.69) is 14.9 Å². The Morgan fingerprint density at radius 2 is 1.88 bits per heavy atom. The molecule has 32 heavy (non-hydrogen) atoms. The highest BCUT2D eigenvalue weighted by Gasteiger charge is 2.28. The molecule has 3 heterocycles. The van der Waals surface area contributed by atoms with Gasteiger partial charge in [-0.3, -0.25) is 14.6 Å². The summed E-state index contributed by atoms with van der Waals surface area (Å²) in [5.41, 5.74) is 4.09. The van der Waals surface area contributed by atoms with Gasteiger partial charge < -0.3 is 9.88 Å². The second-order valence-corrected chi connectivity index (χ2v) is 8.85. The lowest BCUT2D eigenvalue weighted by molar-refractivity contribution is 0.102. The molecule has 4 aromatic rings. The molecule has 0 radical (unpaired) electrons. The summed E-state index contributed by atoms with van der Waals surface area (Å²) >= 11 is 8.08. The average Bonchev–Trinajstić information content (AvgIpc) is 3.43. The Labute approximate surface area is 194 Å². The van der Waals surface area contributed by atoms with E-state index in [0.717, 1.165) is 17.0 Å². The summed E-state index contributed by atoms with van der Waals surface area (Å²) in [5.74, 6) is 0.339. The van der Waals surface area contributed by atoms with E-state index in [9.17, 15) is 9.59 Å². The number of thioether (sulfide) groups is 1. The number of nitrogens with one attached hydrogen (secondary N) is 1. The first-order valence-corrected chi connectivity index (χ1v) is 11.5. The summed E-state index contributed by atoms with van der Waals surface area (Å²) in [7, 11) is 0. The van der Waals surface area contributed by atoms with Gasteiger partial charge in [-0.2, -0.15) is 0 Å². The third kappa shape index (κ3) is 3.83. The maximum atomic E-state index is 13.1. The first-order chi connectivity index (χ1) is 15.6. The van der Waals surface area contributed by atoms with Gasteiger partial charge in [-0.15, -0.1) is 11.8 Å². The Balaban J connectivity index is 1.39. The molecule has 0 saturated carbocycles. The summed E-state index contributed by atoms with van der Waals surface area (Å²) in [4.78, 5) is 30.1.